The molecule has 3 heteroatoms. The molecule has 1 aromatic carbocycles. The van der Waals surface area contributed by atoms with E-state index in [0.29, 0.717) is 5.82 Å². The van der Waals surface area contributed by atoms with Gasteiger partial charge in [0.2, 0.25) is 0 Å². The molecule has 0 atom stereocenters. The predicted octanol–water partition coefficient (Wildman–Crippen LogP) is 1.38. The molecular formula is C10H10N3. The van der Waals surface area contributed by atoms with Crippen molar-refractivity contribution < 1.29 is 0 Å². The lowest BCUT2D eigenvalue weighted by Gasteiger charge is -1.97. The Kier molecular flexibility index (Phi) is 2.00. The predicted molar refractivity (Wildman–Crippen MR) is 51.1 cm³/mol. The monoisotopic (exact) mass is 172 g/mol. The summed E-state index contributed by atoms with van der Waals surface area (Å²) in [5.41, 5.74) is 7.78. The van der Waals surface area contributed by atoms with Crippen molar-refractivity contribution in [2.24, 2.45) is 0 Å². The van der Waals surface area contributed by atoms with Crippen LogP contribution < -0.4 is 5.73 Å². The highest BCUT2D eigenvalue weighted by atomic mass is 15.1. The Balaban J connectivity index is 2.20. The van der Waals surface area contributed by atoms with Crippen molar-refractivity contribution in [3.63, 3.8) is 0 Å². The van der Waals surface area contributed by atoms with Crippen LogP contribution >= 0.6 is 0 Å². The summed E-state index contributed by atoms with van der Waals surface area (Å²) in [4.78, 5) is 0. The molecule has 3 N–H and O–H groups in total. The summed E-state index contributed by atoms with van der Waals surface area (Å²) in [7, 11) is 0. The third kappa shape index (κ3) is 1.69. The maximum absolute atomic E-state index is 5.64. The Hall–Kier alpha value is -1.77. The van der Waals surface area contributed by atoms with E-state index in [0.717, 1.165) is 12.0 Å². The van der Waals surface area contributed by atoms with Gasteiger partial charge in [-0.15, -0.1) is 0 Å². The van der Waals surface area contributed by atoms with E-state index in [9.17, 15) is 0 Å². The van der Waals surface area contributed by atoms with Crippen molar-refractivity contribution >= 4 is 5.82 Å². The van der Waals surface area contributed by atoms with Crippen molar-refractivity contribution in [3.8, 4) is 0 Å². The topological polar surface area (TPSA) is 54.7 Å². The summed E-state index contributed by atoms with van der Waals surface area (Å²) in [6.45, 7) is 0. The third-order valence-corrected chi connectivity index (χ3v) is 1.92. The van der Waals surface area contributed by atoms with Gasteiger partial charge >= 0.3 is 0 Å². The number of nitrogens with zero attached hydrogens (tertiary/aromatic N) is 1. The van der Waals surface area contributed by atoms with Crippen LogP contribution in [0.2, 0.25) is 0 Å². The lowest BCUT2D eigenvalue weighted by molar-refractivity contribution is 1.09. The number of benzene rings is 1. The minimum Gasteiger partial charge on any atom is -0.384 e. The van der Waals surface area contributed by atoms with E-state index in [-0.39, 0.29) is 0 Å². The van der Waals surface area contributed by atoms with Crippen LogP contribution in [0.25, 0.3) is 0 Å². The zero-order valence-corrected chi connectivity index (χ0v) is 7.12. The number of aromatic nitrogens is 2. The van der Waals surface area contributed by atoms with Crippen LogP contribution in [-0.2, 0) is 6.42 Å². The van der Waals surface area contributed by atoms with E-state index in [4.69, 9.17) is 5.73 Å². The summed E-state index contributed by atoms with van der Waals surface area (Å²) in [5.74, 6) is 0.601. The Morgan fingerprint density at radius 3 is 2.69 bits per heavy atom. The minimum absolute atomic E-state index is 0.601. The molecule has 2 rings (SSSR count). The zero-order valence-electron chi connectivity index (χ0n) is 7.12. The highest BCUT2D eigenvalue weighted by Gasteiger charge is 2.01. The second-order valence-corrected chi connectivity index (χ2v) is 2.89. The first kappa shape index (κ1) is 7.86. The second kappa shape index (κ2) is 3.31. The van der Waals surface area contributed by atoms with Gasteiger partial charge in [-0.3, -0.25) is 5.10 Å². The zero-order chi connectivity index (χ0) is 9.10. The normalized spacial score (nSPS) is 10.2. The van der Waals surface area contributed by atoms with Crippen molar-refractivity contribution in [1.29, 1.82) is 0 Å². The molecule has 65 valence electrons. The number of nitrogen functional groups attached to an aromatic ring is 1. The maximum Gasteiger partial charge on any atom is 0.123 e. The molecular weight excluding hydrogens is 162 g/mol. The van der Waals surface area contributed by atoms with E-state index in [2.05, 4.69) is 28.5 Å². The summed E-state index contributed by atoms with van der Waals surface area (Å²) in [6.07, 6.45) is 3.60. The first-order valence-corrected chi connectivity index (χ1v) is 4.10. The molecule has 0 spiro atoms. The fourth-order valence-electron chi connectivity index (χ4n) is 1.22. The van der Waals surface area contributed by atoms with Crippen molar-refractivity contribution in [2.45, 2.75) is 6.42 Å². The summed E-state index contributed by atoms with van der Waals surface area (Å²) >= 11 is 0. The van der Waals surface area contributed by atoms with Gasteiger partial charge in [0, 0.05) is 12.0 Å². The van der Waals surface area contributed by atoms with Gasteiger partial charge in [0.25, 0.3) is 0 Å². The smallest absolute Gasteiger partial charge is 0.123 e. The van der Waals surface area contributed by atoms with Crippen LogP contribution in [0.3, 0.4) is 0 Å². The molecule has 0 amide bonds. The molecule has 3 nitrogen and oxygen atoms in total. The van der Waals surface area contributed by atoms with Gasteiger partial charge in [-0.1, -0.05) is 30.3 Å². The molecule has 0 unspecified atom stereocenters. The Bertz CT molecular complexity index is 378. The molecule has 0 bridgehead atoms. The maximum atomic E-state index is 5.64. The van der Waals surface area contributed by atoms with Gasteiger partial charge in [-0.2, -0.15) is 5.10 Å². The van der Waals surface area contributed by atoms with E-state index in [1.165, 1.54) is 5.56 Å². The van der Waals surface area contributed by atoms with E-state index < -0.39 is 0 Å². The molecule has 1 radical (unpaired) electrons. The number of H-pyrrole nitrogens is 1. The molecule has 2 aromatic rings. The number of hydrogen-bond acceptors (Lipinski definition) is 2. The Morgan fingerprint density at radius 2 is 2.08 bits per heavy atom. The van der Waals surface area contributed by atoms with Crippen LogP contribution in [0.5, 0.6) is 0 Å². The van der Waals surface area contributed by atoms with Crippen LogP contribution in [0.1, 0.15) is 11.1 Å². The quantitative estimate of drug-likeness (QED) is 0.719. The molecule has 0 aliphatic rings. The van der Waals surface area contributed by atoms with Gasteiger partial charge in [0.1, 0.15) is 12.0 Å². The number of rotatable bonds is 2. The van der Waals surface area contributed by atoms with Crippen LogP contribution in [0.4, 0.5) is 5.82 Å². The minimum atomic E-state index is 0.601. The molecule has 0 saturated heterocycles. The number of anilines is 1. The van der Waals surface area contributed by atoms with Crippen molar-refractivity contribution in [2.75, 3.05) is 5.73 Å². The highest BCUT2D eigenvalue weighted by molar-refractivity contribution is 5.39. The van der Waals surface area contributed by atoms with Gasteiger partial charge in [0.15, 0.2) is 0 Å². The summed E-state index contributed by atoms with van der Waals surface area (Å²) in [6, 6.07) is 10.1. The molecule has 0 saturated carbocycles. The van der Waals surface area contributed by atoms with E-state index in [1.54, 1.807) is 0 Å². The molecule has 13 heavy (non-hydrogen) atoms. The number of nitrogens with one attached hydrogen (secondary N) is 1. The average molecular weight is 172 g/mol. The molecule has 1 heterocycles. The van der Waals surface area contributed by atoms with Gasteiger partial charge in [0.05, 0.1) is 0 Å². The highest BCUT2D eigenvalue weighted by Crippen LogP contribution is 2.11. The van der Waals surface area contributed by atoms with Gasteiger partial charge < -0.3 is 5.73 Å². The van der Waals surface area contributed by atoms with Crippen LogP contribution in [0, 0.1) is 6.20 Å². The van der Waals surface area contributed by atoms with Crippen molar-refractivity contribution in [1.82, 2.24) is 10.2 Å². The first-order chi connectivity index (χ1) is 6.36. The number of nitrogens with two attached hydrogens (primary N) is 1. The summed E-state index contributed by atoms with van der Waals surface area (Å²) < 4.78 is 0. The van der Waals surface area contributed by atoms with Gasteiger partial charge in [-0.05, 0) is 5.56 Å². The van der Waals surface area contributed by atoms with Gasteiger partial charge in [-0.25, -0.2) is 0 Å². The molecule has 0 fully saturated rings. The lowest BCUT2D eigenvalue weighted by Crippen LogP contribution is -1.92. The SMILES string of the molecule is Nc1[nH]n[c]c1Cc1ccccc1. The second-order valence-electron chi connectivity index (χ2n) is 2.89. The average Bonchev–Trinajstić information content (AvgIpc) is 2.54. The largest absolute Gasteiger partial charge is 0.384 e. The molecule has 0 aliphatic heterocycles. The lowest BCUT2D eigenvalue weighted by atomic mass is 10.1. The third-order valence-electron chi connectivity index (χ3n) is 1.92. The fourth-order valence-corrected chi connectivity index (χ4v) is 1.22. The Morgan fingerprint density at radius 1 is 1.31 bits per heavy atom. The van der Waals surface area contributed by atoms with E-state index >= 15 is 0 Å². The fraction of sp³-hybridized carbons (Fsp3) is 0.100. The standard InChI is InChI=1S/C10H10N3/c11-10-9(7-12-13-10)6-8-4-2-1-3-5-8/h1-5H,6H2,(H3,11,12,13). The van der Waals surface area contributed by atoms with Crippen LogP contribution in [0.15, 0.2) is 30.3 Å². The molecule has 1 aromatic heterocycles. The van der Waals surface area contributed by atoms with E-state index in [1.807, 2.05) is 18.2 Å². The molecule has 0 aliphatic carbocycles. The Labute approximate surface area is 76.6 Å². The summed E-state index contributed by atoms with van der Waals surface area (Å²) in [5, 5.41) is 6.40. The first-order valence-electron chi connectivity index (χ1n) is 4.10. The number of hydrogen-bond donors (Lipinski definition) is 2. The van der Waals surface area contributed by atoms with Crippen LogP contribution in [-0.4, -0.2) is 10.2 Å². The van der Waals surface area contributed by atoms with Crippen molar-refractivity contribution in [3.05, 3.63) is 47.7 Å². The number of aromatic amines is 1.